The van der Waals surface area contributed by atoms with E-state index >= 15 is 0 Å². The molecule has 0 aliphatic rings. The maximum absolute atomic E-state index is 12.0. The number of carbonyl (C=O) groups is 1. The van der Waals surface area contributed by atoms with E-state index in [1.165, 1.54) is 11.6 Å². The molecule has 0 amide bonds. The molecule has 0 fully saturated rings. The second-order valence-electron chi connectivity index (χ2n) is 6.05. The summed E-state index contributed by atoms with van der Waals surface area (Å²) >= 11 is 0. The minimum atomic E-state index is -0.375. The van der Waals surface area contributed by atoms with Crippen LogP contribution in [0.25, 0.3) is 16.8 Å². The van der Waals surface area contributed by atoms with Crippen molar-refractivity contribution in [3.05, 3.63) is 83.9 Å². The van der Waals surface area contributed by atoms with Crippen LogP contribution in [0.5, 0.6) is 5.75 Å². The summed E-state index contributed by atoms with van der Waals surface area (Å²) in [6, 6.07) is 21.8. The van der Waals surface area contributed by atoms with Crippen LogP contribution in [0.4, 0.5) is 0 Å². The van der Waals surface area contributed by atoms with Crippen molar-refractivity contribution >= 4 is 22.8 Å². The van der Waals surface area contributed by atoms with E-state index in [4.69, 9.17) is 4.74 Å². The molecule has 24 heavy (non-hydrogen) atoms. The third-order valence-electron chi connectivity index (χ3n) is 3.99. The number of rotatable bonds is 4. The molecule has 0 aliphatic carbocycles. The highest BCUT2D eigenvalue weighted by Gasteiger charge is 2.03. The van der Waals surface area contributed by atoms with Crippen LogP contribution in [0, 0.1) is 0 Å². The van der Waals surface area contributed by atoms with Gasteiger partial charge in [-0.15, -0.1) is 0 Å². The third kappa shape index (κ3) is 3.72. The largest absolute Gasteiger partial charge is 0.423 e. The first-order chi connectivity index (χ1) is 11.6. The van der Waals surface area contributed by atoms with E-state index in [-0.39, 0.29) is 5.97 Å². The molecule has 0 N–H and O–H groups in total. The number of esters is 1. The van der Waals surface area contributed by atoms with Gasteiger partial charge in [-0.2, -0.15) is 0 Å². The highest BCUT2D eigenvalue weighted by atomic mass is 16.5. The van der Waals surface area contributed by atoms with Crippen LogP contribution in [-0.4, -0.2) is 5.97 Å². The Morgan fingerprint density at radius 1 is 0.917 bits per heavy atom. The van der Waals surface area contributed by atoms with Gasteiger partial charge in [0.1, 0.15) is 5.75 Å². The molecule has 120 valence electrons. The Morgan fingerprint density at radius 2 is 1.62 bits per heavy atom. The first-order valence-electron chi connectivity index (χ1n) is 8.11. The van der Waals surface area contributed by atoms with E-state index in [0.29, 0.717) is 11.7 Å². The van der Waals surface area contributed by atoms with Crippen molar-refractivity contribution in [2.45, 2.75) is 19.8 Å². The van der Waals surface area contributed by atoms with E-state index in [0.717, 1.165) is 16.3 Å². The van der Waals surface area contributed by atoms with Gasteiger partial charge in [-0.3, -0.25) is 0 Å². The zero-order chi connectivity index (χ0) is 16.9. The van der Waals surface area contributed by atoms with Crippen molar-refractivity contribution in [1.82, 2.24) is 0 Å². The first kappa shape index (κ1) is 16.0. The van der Waals surface area contributed by atoms with Crippen molar-refractivity contribution in [3.8, 4) is 5.75 Å². The van der Waals surface area contributed by atoms with Gasteiger partial charge in [-0.1, -0.05) is 68.4 Å². The van der Waals surface area contributed by atoms with Crippen molar-refractivity contribution in [2.75, 3.05) is 0 Å². The molecule has 0 aliphatic heterocycles. The van der Waals surface area contributed by atoms with Crippen LogP contribution >= 0.6 is 0 Å². The van der Waals surface area contributed by atoms with Crippen LogP contribution in [-0.2, 0) is 4.79 Å². The second-order valence-corrected chi connectivity index (χ2v) is 6.05. The van der Waals surface area contributed by atoms with Crippen LogP contribution < -0.4 is 4.74 Å². The molecule has 0 spiro atoms. The minimum absolute atomic E-state index is 0.375. The van der Waals surface area contributed by atoms with Crippen molar-refractivity contribution < 1.29 is 9.53 Å². The Morgan fingerprint density at radius 3 is 2.38 bits per heavy atom. The summed E-state index contributed by atoms with van der Waals surface area (Å²) in [5.41, 5.74) is 2.22. The topological polar surface area (TPSA) is 26.3 Å². The highest BCUT2D eigenvalue weighted by molar-refractivity contribution is 5.95. The number of ether oxygens (including phenoxy) is 1. The standard InChI is InChI=1S/C22H20O2/c1-16(2)17-10-13-20(14-11-17)24-22(23)15-12-19-8-5-7-18-6-3-4-9-21(18)19/h3-16H,1-2H3/b15-12+. The van der Waals surface area contributed by atoms with Gasteiger partial charge in [-0.25, -0.2) is 4.79 Å². The van der Waals surface area contributed by atoms with Crippen molar-refractivity contribution in [3.63, 3.8) is 0 Å². The van der Waals surface area contributed by atoms with Crippen molar-refractivity contribution in [1.29, 1.82) is 0 Å². The van der Waals surface area contributed by atoms with Gasteiger partial charge in [0.15, 0.2) is 0 Å². The number of hydrogen-bond donors (Lipinski definition) is 0. The van der Waals surface area contributed by atoms with E-state index in [1.54, 1.807) is 6.08 Å². The average Bonchev–Trinajstić information content (AvgIpc) is 2.60. The minimum Gasteiger partial charge on any atom is -0.423 e. The summed E-state index contributed by atoms with van der Waals surface area (Å²) in [6.07, 6.45) is 3.27. The molecule has 3 rings (SSSR count). The summed E-state index contributed by atoms with van der Waals surface area (Å²) in [5, 5.41) is 2.27. The second kappa shape index (κ2) is 7.14. The quantitative estimate of drug-likeness (QED) is 0.357. The number of benzene rings is 3. The lowest BCUT2D eigenvalue weighted by Crippen LogP contribution is -2.03. The first-order valence-corrected chi connectivity index (χ1v) is 8.11. The molecule has 3 aromatic rings. The Labute approximate surface area is 142 Å². The average molecular weight is 316 g/mol. The molecule has 2 heteroatoms. The summed E-state index contributed by atoms with van der Waals surface area (Å²) in [4.78, 5) is 12.0. The molecule has 0 saturated carbocycles. The highest BCUT2D eigenvalue weighted by Crippen LogP contribution is 2.21. The van der Waals surface area contributed by atoms with Crippen LogP contribution in [0.1, 0.15) is 30.9 Å². The predicted octanol–water partition coefficient (Wildman–Crippen LogP) is 5.58. The zero-order valence-electron chi connectivity index (χ0n) is 13.9. The van der Waals surface area contributed by atoms with Gasteiger partial charge in [0.25, 0.3) is 0 Å². The summed E-state index contributed by atoms with van der Waals surface area (Å²) in [6.45, 7) is 4.27. The molecule has 2 nitrogen and oxygen atoms in total. The zero-order valence-corrected chi connectivity index (χ0v) is 13.9. The molecular weight excluding hydrogens is 296 g/mol. The van der Waals surface area contributed by atoms with E-state index in [2.05, 4.69) is 26.0 Å². The van der Waals surface area contributed by atoms with Gasteiger partial charge < -0.3 is 4.74 Å². The Kier molecular flexibility index (Phi) is 4.76. The number of fused-ring (bicyclic) bond motifs is 1. The summed E-state index contributed by atoms with van der Waals surface area (Å²) < 4.78 is 5.36. The Hall–Kier alpha value is -2.87. The number of carbonyl (C=O) groups excluding carboxylic acids is 1. The molecule has 0 heterocycles. The van der Waals surface area contributed by atoms with Gasteiger partial charge in [0.2, 0.25) is 0 Å². The molecule has 0 unspecified atom stereocenters. The fraction of sp³-hybridized carbons (Fsp3) is 0.136. The molecule has 0 aromatic heterocycles. The molecule has 0 saturated heterocycles. The van der Waals surface area contributed by atoms with Gasteiger partial charge >= 0.3 is 5.97 Å². The van der Waals surface area contributed by atoms with Crippen LogP contribution in [0.15, 0.2) is 72.8 Å². The van der Waals surface area contributed by atoms with E-state index < -0.39 is 0 Å². The molecule has 0 bridgehead atoms. The smallest absolute Gasteiger partial charge is 0.336 e. The Balaban J connectivity index is 1.73. The molecule has 3 aromatic carbocycles. The fourth-order valence-corrected chi connectivity index (χ4v) is 2.62. The van der Waals surface area contributed by atoms with Gasteiger partial charge in [-0.05, 0) is 46.0 Å². The van der Waals surface area contributed by atoms with E-state index in [1.807, 2.05) is 54.6 Å². The predicted molar refractivity (Wildman–Crippen MR) is 99.1 cm³/mol. The summed E-state index contributed by atoms with van der Waals surface area (Å²) in [5.74, 6) is 0.646. The van der Waals surface area contributed by atoms with Gasteiger partial charge in [0, 0.05) is 6.08 Å². The molecule has 0 radical (unpaired) electrons. The lowest BCUT2D eigenvalue weighted by molar-refractivity contribution is -0.128. The monoisotopic (exact) mass is 316 g/mol. The van der Waals surface area contributed by atoms with Crippen LogP contribution in [0.2, 0.25) is 0 Å². The SMILES string of the molecule is CC(C)c1ccc(OC(=O)/C=C/c2cccc3ccccc23)cc1. The van der Waals surface area contributed by atoms with Crippen LogP contribution in [0.3, 0.4) is 0 Å². The lowest BCUT2D eigenvalue weighted by atomic mass is 10.0. The maximum Gasteiger partial charge on any atom is 0.336 e. The van der Waals surface area contributed by atoms with Gasteiger partial charge in [0.05, 0.1) is 0 Å². The number of hydrogen-bond acceptors (Lipinski definition) is 2. The van der Waals surface area contributed by atoms with E-state index in [9.17, 15) is 4.79 Å². The Bertz CT molecular complexity index is 869. The van der Waals surface area contributed by atoms with Crippen molar-refractivity contribution in [2.24, 2.45) is 0 Å². The summed E-state index contributed by atoms with van der Waals surface area (Å²) in [7, 11) is 0. The molecular formula is C22H20O2. The fourth-order valence-electron chi connectivity index (χ4n) is 2.62. The normalized spacial score (nSPS) is 11.3. The maximum atomic E-state index is 12.0. The lowest BCUT2D eigenvalue weighted by Gasteiger charge is -2.06. The molecule has 0 atom stereocenters. The third-order valence-corrected chi connectivity index (χ3v) is 3.99.